The Morgan fingerprint density at radius 3 is 2.87 bits per heavy atom. The molecule has 1 saturated heterocycles. The smallest absolute Gasteiger partial charge is 0.317 e. The minimum atomic E-state index is -0.666. The number of carbonyl (C=O) groups excluding carboxylic acids is 2. The summed E-state index contributed by atoms with van der Waals surface area (Å²) in [6, 6.07) is 1.89. The van der Waals surface area contributed by atoms with Crippen LogP contribution in [-0.2, 0) is 36.1 Å². The van der Waals surface area contributed by atoms with Gasteiger partial charge in [-0.05, 0) is 48.4 Å². The van der Waals surface area contributed by atoms with Crippen LogP contribution in [0.5, 0.6) is 0 Å². The number of imidazole rings is 1. The first kappa shape index (κ1) is 23.1. The van der Waals surface area contributed by atoms with Gasteiger partial charge in [0.2, 0.25) is 5.91 Å². The molecule has 2 aromatic heterocycles. The van der Waals surface area contributed by atoms with Crippen LogP contribution in [0.4, 0.5) is 10.6 Å². The molecule has 4 aliphatic rings. The summed E-state index contributed by atoms with van der Waals surface area (Å²) in [6.45, 7) is 6.71. The molecule has 6 heterocycles. The zero-order valence-electron chi connectivity index (χ0n) is 21.6. The van der Waals surface area contributed by atoms with Crippen LogP contribution >= 0.6 is 0 Å². The lowest BCUT2D eigenvalue weighted by atomic mass is 9.74. The number of likely N-dealkylation sites (tertiary alicyclic amines) is 1. The molecular weight excluding hydrogens is 480 g/mol. The number of hydrogen-bond donors (Lipinski definition) is 2. The van der Waals surface area contributed by atoms with Gasteiger partial charge in [-0.3, -0.25) is 9.79 Å². The van der Waals surface area contributed by atoms with Gasteiger partial charge in [0.1, 0.15) is 18.0 Å². The quantitative estimate of drug-likeness (QED) is 0.550. The predicted octanol–water partition coefficient (Wildman–Crippen LogP) is 2.82. The SMILES string of the molecule is CCc1cnc2n1Cc1c(cc(C)c3c1C=NC3)C[C@H]2NC(=O)N1CCC2(CC1)C(=O)Nc1ncncc12. The largest absolute Gasteiger partial charge is 0.328 e. The van der Waals surface area contributed by atoms with E-state index in [0.717, 1.165) is 36.6 Å². The molecule has 1 fully saturated rings. The lowest BCUT2D eigenvalue weighted by Crippen LogP contribution is -2.51. The second-order valence-electron chi connectivity index (χ2n) is 10.8. The van der Waals surface area contributed by atoms with Gasteiger partial charge in [0.05, 0.1) is 24.5 Å². The Bertz CT molecular complexity index is 1520. The molecule has 2 N–H and O–H groups in total. The van der Waals surface area contributed by atoms with Gasteiger partial charge in [-0.2, -0.15) is 0 Å². The van der Waals surface area contributed by atoms with Crippen LogP contribution in [0.3, 0.4) is 0 Å². The van der Waals surface area contributed by atoms with Crippen LogP contribution in [0, 0.1) is 6.92 Å². The molecule has 0 radical (unpaired) electrons. The number of aliphatic imine (C=N–C) groups is 1. The molecule has 1 aromatic carbocycles. The van der Waals surface area contributed by atoms with Gasteiger partial charge in [0, 0.05) is 54.9 Å². The number of amides is 3. The highest BCUT2D eigenvalue weighted by Gasteiger charge is 2.50. The Hall–Kier alpha value is -4.08. The Morgan fingerprint density at radius 2 is 2.05 bits per heavy atom. The van der Waals surface area contributed by atoms with E-state index in [1.807, 2.05) is 17.3 Å². The standard InChI is InChI=1S/C28H30N8O2/c1-3-18-10-31-25-23(9-17-8-16(2)19-11-29-12-20(19)21(17)14-36(18)25)33-27(38)35-6-4-28(5-7-35)22-13-30-15-32-24(22)34-26(28)37/h8,10,12-13,15,23H,3-7,9,11,14H2,1-2H3,(H,33,38)(H,30,32,34,37)/t23-/m1/s1. The summed E-state index contributed by atoms with van der Waals surface area (Å²) < 4.78 is 2.27. The molecule has 10 heteroatoms. The number of piperidine rings is 1. The maximum Gasteiger partial charge on any atom is 0.317 e. The van der Waals surface area contributed by atoms with Crippen molar-refractivity contribution in [3.05, 3.63) is 69.7 Å². The first-order valence-electron chi connectivity index (χ1n) is 13.3. The van der Waals surface area contributed by atoms with Gasteiger partial charge in [-0.25, -0.2) is 19.7 Å². The highest BCUT2D eigenvalue weighted by molar-refractivity contribution is 6.05. The lowest BCUT2D eigenvalue weighted by Gasteiger charge is -2.38. The Morgan fingerprint density at radius 1 is 1.21 bits per heavy atom. The monoisotopic (exact) mass is 510 g/mol. The third kappa shape index (κ3) is 3.32. The van der Waals surface area contributed by atoms with E-state index in [2.05, 4.69) is 50.1 Å². The van der Waals surface area contributed by atoms with E-state index in [4.69, 9.17) is 4.98 Å². The van der Waals surface area contributed by atoms with Gasteiger partial charge >= 0.3 is 6.03 Å². The lowest BCUT2D eigenvalue weighted by molar-refractivity contribution is -0.122. The van der Waals surface area contributed by atoms with Crippen molar-refractivity contribution in [2.45, 2.75) is 64.1 Å². The molecule has 38 heavy (non-hydrogen) atoms. The van der Waals surface area contributed by atoms with Crippen molar-refractivity contribution in [3.63, 3.8) is 0 Å². The van der Waals surface area contributed by atoms with Crippen LogP contribution in [0.15, 0.2) is 29.8 Å². The number of fused-ring (bicyclic) bond motifs is 6. The number of nitrogens with one attached hydrogen (secondary N) is 2. The number of anilines is 1. The van der Waals surface area contributed by atoms with Gasteiger partial charge in [0.25, 0.3) is 0 Å². The molecule has 3 amide bonds. The molecule has 1 spiro atoms. The molecule has 0 unspecified atom stereocenters. The number of benzene rings is 1. The molecule has 0 saturated carbocycles. The van der Waals surface area contributed by atoms with Gasteiger partial charge in [-0.1, -0.05) is 13.0 Å². The number of carbonyl (C=O) groups is 2. The van der Waals surface area contributed by atoms with Crippen molar-refractivity contribution in [3.8, 4) is 0 Å². The average molecular weight is 511 g/mol. The van der Waals surface area contributed by atoms with E-state index in [9.17, 15) is 9.59 Å². The summed E-state index contributed by atoms with van der Waals surface area (Å²) >= 11 is 0. The fraction of sp³-hybridized carbons (Fsp3) is 0.429. The van der Waals surface area contributed by atoms with Gasteiger partial charge in [-0.15, -0.1) is 0 Å². The minimum absolute atomic E-state index is 0.0472. The predicted molar refractivity (Wildman–Crippen MR) is 141 cm³/mol. The van der Waals surface area contributed by atoms with Crippen LogP contribution in [-0.4, -0.2) is 55.7 Å². The second-order valence-corrected chi connectivity index (χ2v) is 10.8. The zero-order valence-corrected chi connectivity index (χ0v) is 21.6. The van der Waals surface area contributed by atoms with E-state index in [1.165, 1.54) is 34.1 Å². The van der Waals surface area contributed by atoms with E-state index in [1.54, 1.807) is 6.20 Å². The third-order valence-electron chi connectivity index (χ3n) is 8.85. The van der Waals surface area contributed by atoms with Crippen molar-refractivity contribution >= 4 is 24.0 Å². The van der Waals surface area contributed by atoms with Crippen molar-refractivity contribution in [1.82, 2.24) is 29.7 Å². The van der Waals surface area contributed by atoms with Crippen molar-refractivity contribution in [2.24, 2.45) is 4.99 Å². The molecule has 4 aliphatic heterocycles. The molecule has 0 bridgehead atoms. The summed E-state index contributed by atoms with van der Waals surface area (Å²) in [5.74, 6) is 1.43. The fourth-order valence-electron chi connectivity index (χ4n) is 6.68. The van der Waals surface area contributed by atoms with E-state index in [0.29, 0.717) is 38.2 Å². The summed E-state index contributed by atoms with van der Waals surface area (Å²) in [6.07, 6.45) is 9.74. The number of aromatic nitrogens is 4. The highest BCUT2D eigenvalue weighted by atomic mass is 16.2. The summed E-state index contributed by atoms with van der Waals surface area (Å²) in [5, 5.41) is 6.20. The topological polar surface area (TPSA) is 117 Å². The van der Waals surface area contributed by atoms with E-state index in [-0.39, 0.29) is 18.0 Å². The third-order valence-corrected chi connectivity index (χ3v) is 8.85. The Balaban J connectivity index is 1.15. The molecule has 7 rings (SSSR count). The second kappa shape index (κ2) is 8.47. The first-order chi connectivity index (χ1) is 18.5. The summed E-state index contributed by atoms with van der Waals surface area (Å²) in [7, 11) is 0. The minimum Gasteiger partial charge on any atom is -0.328 e. The number of rotatable bonds is 2. The average Bonchev–Trinajstić information content (AvgIpc) is 3.61. The van der Waals surface area contributed by atoms with Crippen molar-refractivity contribution in [1.29, 1.82) is 0 Å². The van der Waals surface area contributed by atoms with Gasteiger partial charge in [0.15, 0.2) is 0 Å². The van der Waals surface area contributed by atoms with Crippen LogP contribution in [0.1, 0.15) is 70.7 Å². The van der Waals surface area contributed by atoms with Crippen LogP contribution in [0.2, 0.25) is 0 Å². The maximum atomic E-state index is 13.6. The fourth-order valence-corrected chi connectivity index (χ4v) is 6.68. The normalized spacial score (nSPS) is 20.4. The van der Waals surface area contributed by atoms with E-state index >= 15 is 0 Å². The molecule has 10 nitrogen and oxygen atoms in total. The molecule has 194 valence electrons. The summed E-state index contributed by atoms with van der Waals surface area (Å²) in [5.41, 5.74) is 7.63. The molecule has 3 aromatic rings. The zero-order chi connectivity index (χ0) is 26.0. The summed E-state index contributed by atoms with van der Waals surface area (Å²) in [4.78, 5) is 46.0. The molecule has 0 aliphatic carbocycles. The number of aryl methyl sites for hydroxylation is 2. The van der Waals surface area contributed by atoms with Gasteiger partial charge < -0.3 is 20.1 Å². The number of hydrogen-bond acceptors (Lipinski definition) is 6. The van der Waals surface area contributed by atoms with Crippen LogP contribution in [0.25, 0.3) is 0 Å². The highest BCUT2D eigenvalue weighted by Crippen LogP contribution is 2.43. The van der Waals surface area contributed by atoms with Crippen molar-refractivity contribution in [2.75, 3.05) is 18.4 Å². The first-order valence-corrected chi connectivity index (χ1v) is 13.3. The maximum absolute atomic E-state index is 13.6. The van der Waals surface area contributed by atoms with Crippen molar-refractivity contribution < 1.29 is 9.59 Å². The van der Waals surface area contributed by atoms with E-state index < -0.39 is 5.41 Å². The molecular formula is C28H30N8O2. The number of nitrogens with zero attached hydrogens (tertiary/aromatic N) is 6. The Kier molecular flexibility index (Phi) is 5.14. The number of urea groups is 1. The molecule has 1 atom stereocenters. The van der Waals surface area contributed by atoms with Crippen LogP contribution < -0.4 is 10.6 Å². The Labute approximate surface area is 220 Å².